The lowest BCUT2D eigenvalue weighted by atomic mass is 10.1. The maximum Gasteiger partial charge on any atom is 0.132 e. The van der Waals surface area contributed by atoms with Crippen molar-refractivity contribution in [3.05, 3.63) is 33.3 Å². The van der Waals surface area contributed by atoms with Crippen molar-refractivity contribution in [1.82, 2.24) is 0 Å². The van der Waals surface area contributed by atoms with Crippen LogP contribution in [0.25, 0.3) is 0 Å². The molecule has 1 aromatic carbocycles. The van der Waals surface area contributed by atoms with Crippen molar-refractivity contribution < 1.29 is 4.79 Å². The summed E-state index contributed by atoms with van der Waals surface area (Å²) in [6, 6.07) is 5.75. The van der Waals surface area contributed by atoms with Crippen LogP contribution in [-0.2, 0) is 11.2 Å². The van der Waals surface area contributed by atoms with Crippen molar-refractivity contribution in [1.29, 1.82) is 0 Å². The van der Waals surface area contributed by atoms with Crippen LogP contribution in [0.2, 0.25) is 5.02 Å². The van der Waals surface area contributed by atoms with Crippen LogP contribution in [-0.4, -0.2) is 5.78 Å². The quantitative estimate of drug-likeness (QED) is 0.811. The second-order valence-corrected chi connectivity index (χ2v) is 4.45. The molecule has 1 rings (SSSR count). The molecule has 0 fully saturated rings. The highest BCUT2D eigenvalue weighted by Crippen LogP contribution is 2.22. The number of hydrogen-bond donors (Lipinski definition) is 0. The van der Waals surface area contributed by atoms with Crippen LogP contribution < -0.4 is 0 Å². The van der Waals surface area contributed by atoms with Crippen molar-refractivity contribution in [2.75, 3.05) is 0 Å². The zero-order valence-electron chi connectivity index (χ0n) is 8.02. The van der Waals surface area contributed by atoms with E-state index in [4.69, 9.17) is 11.6 Å². The molecule has 0 bridgehead atoms. The minimum absolute atomic E-state index is 0.281. The average Bonchev–Trinajstić information content (AvgIpc) is 2.16. The minimum atomic E-state index is 0.281. The number of ketones is 1. The third kappa shape index (κ3) is 3.43. The summed E-state index contributed by atoms with van der Waals surface area (Å²) in [5.74, 6) is 0.281. The Morgan fingerprint density at radius 1 is 1.50 bits per heavy atom. The zero-order valence-corrected chi connectivity index (χ0v) is 10.4. The van der Waals surface area contributed by atoms with Gasteiger partial charge in [-0.1, -0.05) is 40.5 Å². The molecule has 0 unspecified atom stereocenters. The van der Waals surface area contributed by atoms with Gasteiger partial charge in [0, 0.05) is 22.3 Å². The van der Waals surface area contributed by atoms with Gasteiger partial charge in [0.2, 0.25) is 0 Å². The van der Waals surface area contributed by atoms with Gasteiger partial charge in [-0.2, -0.15) is 0 Å². The highest BCUT2D eigenvalue weighted by molar-refractivity contribution is 9.10. The third-order valence-corrected chi connectivity index (χ3v) is 2.93. The predicted molar refractivity (Wildman–Crippen MR) is 62.8 cm³/mol. The fourth-order valence-corrected chi connectivity index (χ4v) is 1.94. The van der Waals surface area contributed by atoms with Gasteiger partial charge in [0.1, 0.15) is 5.78 Å². The summed E-state index contributed by atoms with van der Waals surface area (Å²) in [7, 11) is 0. The van der Waals surface area contributed by atoms with E-state index in [9.17, 15) is 4.79 Å². The summed E-state index contributed by atoms with van der Waals surface area (Å²) < 4.78 is 0.966. The maximum atomic E-state index is 11.1. The number of benzene rings is 1. The first-order chi connectivity index (χ1) is 6.63. The number of carbonyl (C=O) groups is 1. The summed E-state index contributed by atoms with van der Waals surface area (Å²) in [4.78, 5) is 11.1. The van der Waals surface area contributed by atoms with Gasteiger partial charge >= 0.3 is 0 Å². The fourth-order valence-electron chi connectivity index (χ4n) is 1.18. The van der Waals surface area contributed by atoms with Crippen molar-refractivity contribution in [3.8, 4) is 0 Å². The molecule has 0 atom stereocenters. The lowest BCUT2D eigenvalue weighted by molar-refractivity contribution is -0.118. The Kier molecular flexibility index (Phi) is 4.63. The van der Waals surface area contributed by atoms with Crippen LogP contribution >= 0.6 is 27.5 Å². The Balaban J connectivity index is 2.63. The lowest BCUT2D eigenvalue weighted by Gasteiger charge is -2.03. The normalized spacial score (nSPS) is 10.2. The monoisotopic (exact) mass is 274 g/mol. The van der Waals surface area contributed by atoms with E-state index in [2.05, 4.69) is 15.9 Å². The molecule has 0 heterocycles. The molecule has 0 radical (unpaired) electrons. The van der Waals surface area contributed by atoms with E-state index < -0.39 is 0 Å². The van der Waals surface area contributed by atoms with Gasteiger partial charge in [0.05, 0.1) is 0 Å². The third-order valence-electron chi connectivity index (χ3n) is 2.08. The Labute approximate surface area is 97.6 Å². The molecule has 14 heavy (non-hydrogen) atoms. The molecular weight excluding hydrogens is 263 g/mol. The number of rotatable bonds is 4. The van der Waals surface area contributed by atoms with Gasteiger partial charge in [-0.3, -0.25) is 4.79 Å². The average molecular weight is 276 g/mol. The van der Waals surface area contributed by atoms with Crippen molar-refractivity contribution in [2.24, 2.45) is 0 Å². The topological polar surface area (TPSA) is 17.1 Å². The van der Waals surface area contributed by atoms with Crippen molar-refractivity contribution in [2.45, 2.75) is 26.2 Å². The molecule has 3 heteroatoms. The van der Waals surface area contributed by atoms with E-state index in [1.807, 2.05) is 25.1 Å². The number of halogens is 2. The van der Waals surface area contributed by atoms with Crippen LogP contribution in [0.15, 0.2) is 22.7 Å². The summed E-state index contributed by atoms with van der Waals surface area (Å²) >= 11 is 9.35. The molecule has 0 aliphatic carbocycles. The molecule has 0 N–H and O–H groups in total. The molecular formula is C11H12BrClO. The summed E-state index contributed by atoms with van der Waals surface area (Å²) in [6.45, 7) is 1.88. The van der Waals surface area contributed by atoms with Gasteiger partial charge in [-0.15, -0.1) is 0 Å². The molecule has 0 saturated heterocycles. The maximum absolute atomic E-state index is 11.1. The molecule has 0 aliphatic rings. The SMILES string of the molecule is CCC(=O)CCc1ccc(Br)cc1Cl. The van der Waals surface area contributed by atoms with E-state index in [0.717, 1.165) is 21.5 Å². The number of carbonyl (C=O) groups excluding carboxylic acids is 1. The van der Waals surface area contributed by atoms with Crippen molar-refractivity contribution in [3.63, 3.8) is 0 Å². The highest BCUT2D eigenvalue weighted by atomic mass is 79.9. The van der Waals surface area contributed by atoms with E-state index in [1.54, 1.807) is 0 Å². The summed E-state index contributed by atoms with van der Waals surface area (Å²) in [5.41, 5.74) is 1.04. The number of aryl methyl sites for hydroxylation is 1. The predicted octanol–water partition coefficient (Wildman–Crippen LogP) is 4.01. The Morgan fingerprint density at radius 3 is 2.79 bits per heavy atom. The largest absolute Gasteiger partial charge is 0.300 e. The van der Waals surface area contributed by atoms with Crippen LogP contribution in [0, 0.1) is 0 Å². The molecule has 0 spiro atoms. The van der Waals surface area contributed by atoms with Crippen molar-refractivity contribution >= 4 is 33.3 Å². The molecule has 0 amide bonds. The molecule has 1 nitrogen and oxygen atoms in total. The first-order valence-corrected chi connectivity index (χ1v) is 5.76. The van der Waals surface area contributed by atoms with Crippen LogP contribution in [0.3, 0.4) is 0 Å². The number of Topliss-reactive ketones (excluding diaryl/α,β-unsaturated/α-hetero) is 1. The molecule has 0 aromatic heterocycles. The molecule has 0 aliphatic heterocycles. The Hall–Kier alpha value is -0.340. The molecule has 0 saturated carbocycles. The highest BCUT2D eigenvalue weighted by Gasteiger charge is 2.03. The lowest BCUT2D eigenvalue weighted by Crippen LogP contribution is -1.98. The smallest absolute Gasteiger partial charge is 0.132 e. The van der Waals surface area contributed by atoms with E-state index >= 15 is 0 Å². The summed E-state index contributed by atoms with van der Waals surface area (Å²) in [6.07, 6.45) is 1.92. The van der Waals surface area contributed by atoms with E-state index in [-0.39, 0.29) is 5.78 Å². The molecule has 76 valence electrons. The van der Waals surface area contributed by atoms with Gasteiger partial charge in [-0.25, -0.2) is 0 Å². The second-order valence-electron chi connectivity index (χ2n) is 3.13. The van der Waals surface area contributed by atoms with Crippen LogP contribution in [0.4, 0.5) is 0 Å². The minimum Gasteiger partial charge on any atom is -0.300 e. The van der Waals surface area contributed by atoms with Crippen LogP contribution in [0.1, 0.15) is 25.3 Å². The van der Waals surface area contributed by atoms with Gasteiger partial charge in [0.15, 0.2) is 0 Å². The number of hydrogen-bond acceptors (Lipinski definition) is 1. The second kappa shape index (κ2) is 5.52. The Bertz CT molecular complexity index is 336. The first kappa shape index (κ1) is 11.7. The first-order valence-electron chi connectivity index (χ1n) is 4.59. The Morgan fingerprint density at radius 2 is 2.21 bits per heavy atom. The van der Waals surface area contributed by atoms with Crippen LogP contribution in [0.5, 0.6) is 0 Å². The van der Waals surface area contributed by atoms with Gasteiger partial charge in [0.25, 0.3) is 0 Å². The van der Waals surface area contributed by atoms with Gasteiger partial charge in [-0.05, 0) is 24.1 Å². The fraction of sp³-hybridized carbons (Fsp3) is 0.364. The van der Waals surface area contributed by atoms with Gasteiger partial charge < -0.3 is 0 Å². The standard InChI is InChI=1S/C11H12BrClO/c1-2-10(14)6-4-8-3-5-9(12)7-11(8)13/h3,5,7H,2,4,6H2,1H3. The van der Waals surface area contributed by atoms with E-state index in [0.29, 0.717) is 12.8 Å². The molecule has 1 aromatic rings. The zero-order chi connectivity index (χ0) is 10.6. The summed E-state index contributed by atoms with van der Waals surface area (Å²) in [5, 5.41) is 0.725. The van der Waals surface area contributed by atoms with E-state index in [1.165, 1.54) is 0 Å².